The van der Waals surface area contributed by atoms with E-state index in [1.165, 1.54) is 5.56 Å². The van der Waals surface area contributed by atoms with Crippen LogP contribution in [0.15, 0.2) is 95.9 Å². The standard InChI is InChI=1S/C32H37NO5S/c1-24-13-19-28(20-14-24)39(36,37)33-30-21-22-31(29(30)11-7-2-3-8-12-32(34)35)38-23-25-15-17-27(18-16-25)26-9-5-4-6-10-26/h2,4-7,9-10,13-20,29-31,33H,3,8,11-12,21-23H2,1H3,(H,34,35)/b7-2-/t29-,30+,31+/m1/s1. The van der Waals surface area contributed by atoms with Gasteiger partial charge in [0.05, 0.1) is 17.6 Å². The summed E-state index contributed by atoms with van der Waals surface area (Å²) < 4.78 is 35.6. The van der Waals surface area contributed by atoms with E-state index in [2.05, 4.69) is 41.1 Å². The molecule has 2 N–H and O–H groups in total. The molecule has 3 atom stereocenters. The Bertz CT molecular complexity index is 1340. The lowest BCUT2D eigenvalue weighted by Crippen LogP contribution is -2.39. The highest BCUT2D eigenvalue weighted by atomic mass is 32.2. The van der Waals surface area contributed by atoms with Crippen LogP contribution in [0.3, 0.4) is 0 Å². The van der Waals surface area contributed by atoms with Crippen LogP contribution < -0.4 is 4.72 Å². The molecule has 6 nitrogen and oxygen atoms in total. The molecule has 7 heteroatoms. The number of nitrogens with one attached hydrogen (secondary N) is 1. The van der Waals surface area contributed by atoms with Crippen molar-refractivity contribution < 1.29 is 23.1 Å². The minimum absolute atomic E-state index is 0.0236. The summed E-state index contributed by atoms with van der Waals surface area (Å²) >= 11 is 0. The maximum absolute atomic E-state index is 13.1. The van der Waals surface area contributed by atoms with Crippen molar-refractivity contribution in [2.24, 2.45) is 5.92 Å². The average Bonchev–Trinajstić information content (AvgIpc) is 3.30. The summed E-state index contributed by atoms with van der Waals surface area (Å²) in [6.07, 6.45) is 7.46. The van der Waals surface area contributed by atoms with Gasteiger partial charge in [-0.3, -0.25) is 4.79 Å². The smallest absolute Gasteiger partial charge is 0.303 e. The lowest BCUT2D eigenvalue weighted by Gasteiger charge is -2.25. The number of allylic oxidation sites excluding steroid dienone is 2. The molecule has 0 saturated heterocycles. The van der Waals surface area contributed by atoms with Crippen LogP contribution in [-0.4, -0.2) is 31.6 Å². The Morgan fingerprint density at radius 1 is 0.949 bits per heavy atom. The molecule has 0 heterocycles. The second-order valence-corrected chi connectivity index (χ2v) is 11.9. The number of unbranched alkanes of at least 4 members (excludes halogenated alkanes) is 1. The minimum Gasteiger partial charge on any atom is -0.481 e. The molecular weight excluding hydrogens is 510 g/mol. The largest absolute Gasteiger partial charge is 0.481 e. The average molecular weight is 548 g/mol. The first-order valence-corrected chi connectivity index (χ1v) is 15.0. The summed E-state index contributed by atoms with van der Waals surface area (Å²) in [6, 6.07) is 25.2. The van der Waals surface area contributed by atoms with Crippen molar-refractivity contribution in [2.45, 2.75) is 69.1 Å². The van der Waals surface area contributed by atoms with Gasteiger partial charge in [-0.2, -0.15) is 0 Å². The maximum atomic E-state index is 13.1. The monoisotopic (exact) mass is 547 g/mol. The summed E-state index contributed by atoms with van der Waals surface area (Å²) in [5.41, 5.74) is 4.39. The van der Waals surface area contributed by atoms with E-state index in [9.17, 15) is 13.2 Å². The number of hydrogen-bond donors (Lipinski definition) is 2. The molecule has 0 aliphatic heterocycles. The lowest BCUT2D eigenvalue weighted by molar-refractivity contribution is -0.137. The number of rotatable bonds is 13. The van der Waals surface area contributed by atoms with E-state index >= 15 is 0 Å². The molecule has 0 aromatic heterocycles. The summed E-state index contributed by atoms with van der Waals surface area (Å²) in [7, 11) is -3.66. The van der Waals surface area contributed by atoms with Gasteiger partial charge < -0.3 is 9.84 Å². The van der Waals surface area contributed by atoms with Crippen molar-refractivity contribution in [2.75, 3.05) is 0 Å². The molecule has 39 heavy (non-hydrogen) atoms. The molecule has 4 rings (SSSR count). The third-order valence-corrected chi connectivity index (χ3v) is 8.76. The molecule has 1 saturated carbocycles. The van der Waals surface area contributed by atoms with Crippen LogP contribution >= 0.6 is 0 Å². The van der Waals surface area contributed by atoms with Crippen molar-refractivity contribution in [1.29, 1.82) is 0 Å². The Kier molecular flexibility index (Phi) is 10.1. The Morgan fingerprint density at radius 3 is 2.33 bits per heavy atom. The molecule has 206 valence electrons. The molecule has 1 fully saturated rings. The number of hydrogen-bond acceptors (Lipinski definition) is 4. The van der Waals surface area contributed by atoms with Crippen LogP contribution in [-0.2, 0) is 26.2 Å². The van der Waals surface area contributed by atoms with Crippen molar-refractivity contribution in [1.82, 2.24) is 4.72 Å². The number of benzene rings is 3. The highest BCUT2D eigenvalue weighted by molar-refractivity contribution is 7.89. The topological polar surface area (TPSA) is 92.7 Å². The van der Waals surface area contributed by atoms with Crippen LogP contribution in [0, 0.1) is 12.8 Å². The van der Waals surface area contributed by atoms with Crippen LogP contribution in [0.5, 0.6) is 0 Å². The number of carboxylic acid groups (broad SMARTS) is 1. The van der Waals surface area contributed by atoms with Gasteiger partial charge in [-0.15, -0.1) is 0 Å². The van der Waals surface area contributed by atoms with Gasteiger partial charge >= 0.3 is 5.97 Å². The second kappa shape index (κ2) is 13.7. The summed E-state index contributed by atoms with van der Waals surface area (Å²) in [4.78, 5) is 11.0. The quantitative estimate of drug-likeness (QED) is 0.188. The molecule has 1 aliphatic rings. The van der Waals surface area contributed by atoms with Crippen LogP contribution in [0.1, 0.15) is 49.7 Å². The highest BCUT2D eigenvalue weighted by Crippen LogP contribution is 2.34. The van der Waals surface area contributed by atoms with Crippen molar-refractivity contribution in [3.63, 3.8) is 0 Å². The zero-order valence-electron chi connectivity index (χ0n) is 22.3. The maximum Gasteiger partial charge on any atom is 0.303 e. The SMILES string of the molecule is Cc1ccc(S(=O)(=O)N[C@H]2CC[C@H](OCc3ccc(-c4ccccc4)cc3)[C@@H]2C/C=C\CCCC(=O)O)cc1. The number of aliphatic carboxylic acids is 1. The van der Waals surface area contributed by atoms with Gasteiger partial charge in [0, 0.05) is 18.4 Å². The normalized spacial score (nSPS) is 19.5. The van der Waals surface area contributed by atoms with E-state index in [0.717, 1.165) is 23.1 Å². The first-order valence-electron chi connectivity index (χ1n) is 13.5. The predicted molar refractivity (Wildman–Crippen MR) is 154 cm³/mol. The van der Waals surface area contributed by atoms with Gasteiger partial charge in [0.1, 0.15) is 0 Å². The molecular formula is C32H37NO5S. The fraction of sp³-hybridized carbons (Fsp3) is 0.344. The fourth-order valence-electron chi connectivity index (χ4n) is 5.05. The van der Waals surface area contributed by atoms with E-state index < -0.39 is 16.0 Å². The van der Waals surface area contributed by atoms with Crippen LogP contribution in [0.25, 0.3) is 11.1 Å². The Hall–Kier alpha value is -3.26. The van der Waals surface area contributed by atoms with Gasteiger partial charge in [0.15, 0.2) is 0 Å². The molecule has 1 aliphatic carbocycles. The Labute approximate surface area is 231 Å². The zero-order valence-corrected chi connectivity index (χ0v) is 23.1. The van der Waals surface area contributed by atoms with Gasteiger partial charge in [0.2, 0.25) is 10.0 Å². The number of carboxylic acids is 1. The summed E-state index contributed by atoms with van der Waals surface area (Å²) in [5.74, 6) is -0.820. The Balaban J connectivity index is 1.41. The zero-order chi connectivity index (χ0) is 27.7. The third kappa shape index (κ3) is 8.36. The van der Waals surface area contributed by atoms with E-state index in [0.29, 0.717) is 32.3 Å². The number of carbonyl (C=O) groups is 1. The number of ether oxygens (including phenoxy) is 1. The molecule has 0 radical (unpaired) electrons. The summed E-state index contributed by atoms with van der Waals surface area (Å²) in [6.45, 7) is 2.38. The van der Waals surface area contributed by atoms with Gasteiger partial charge in [-0.25, -0.2) is 13.1 Å². The van der Waals surface area contributed by atoms with Crippen LogP contribution in [0.2, 0.25) is 0 Å². The number of aryl methyl sites for hydroxylation is 1. The first-order chi connectivity index (χ1) is 18.8. The van der Waals surface area contributed by atoms with Crippen molar-refractivity contribution >= 4 is 16.0 Å². The molecule has 0 unspecified atom stereocenters. The molecule has 3 aromatic rings. The van der Waals surface area contributed by atoms with E-state index in [1.807, 2.05) is 37.3 Å². The van der Waals surface area contributed by atoms with Gasteiger partial charge in [-0.1, -0.05) is 84.4 Å². The predicted octanol–water partition coefficient (Wildman–Crippen LogP) is 6.51. The number of sulfonamides is 1. The van der Waals surface area contributed by atoms with E-state index in [-0.39, 0.29) is 29.4 Å². The first kappa shape index (κ1) is 28.7. The van der Waals surface area contributed by atoms with E-state index in [4.69, 9.17) is 9.84 Å². The molecule has 0 spiro atoms. The van der Waals surface area contributed by atoms with Crippen LogP contribution in [0.4, 0.5) is 0 Å². The van der Waals surface area contributed by atoms with Gasteiger partial charge in [-0.05, 0) is 67.9 Å². The molecule has 0 bridgehead atoms. The minimum atomic E-state index is -3.66. The fourth-order valence-corrected chi connectivity index (χ4v) is 6.38. The van der Waals surface area contributed by atoms with E-state index in [1.54, 1.807) is 24.3 Å². The van der Waals surface area contributed by atoms with Crippen molar-refractivity contribution in [3.05, 3.63) is 102 Å². The molecule has 0 amide bonds. The molecule has 3 aromatic carbocycles. The third-order valence-electron chi connectivity index (χ3n) is 7.26. The lowest BCUT2D eigenvalue weighted by atomic mass is 9.97. The second-order valence-electron chi connectivity index (χ2n) is 10.2. The summed E-state index contributed by atoms with van der Waals surface area (Å²) in [5, 5.41) is 8.85. The Morgan fingerprint density at radius 2 is 1.64 bits per heavy atom. The van der Waals surface area contributed by atoms with Crippen molar-refractivity contribution in [3.8, 4) is 11.1 Å². The highest BCUT2D eigenvalue weighted by Gasteiger charge is 2.38. The van der Waals surface area contributed by atoms with Gasteiger partial charge in [0.25, 0.3) is 0 Å².